The average molecular weight is 382 g/mol. The smallest absolute Gasteiger partial charge is 0.368 e. The highest BCUT2D eigenvalue weighted by Crippen LogP contribution is 2.34. The number of carbonyl (C=O) groups is 2. The van der Waals surface area contributed by atoms with Gasteiger partial charge in [-0.25, -0.2) is 9.40 Å². The number of hydrazine groups is 2. The van der Waals surface area contributed by atoms with Crippen LogP contribution in [0.3, 0.4) is 0 Å². The lowest BCUT2D eigenvalue weighted by Gasteiger charge is -2.38. The maximum Gasteiger partial charge on any atom is 0.416 e. The van der Waals surface area contributed by atoms with E-state index in [-0.39, 0.29) is 17.7 Å². The molecule has 2 amide bonds. The summed E-state index contributed by atoms with van der Waals surface area (Å²) in [6.07, 6.45) is -4.75. The molecule has 0 atom stereocenters. The number of anilines is 1. The van der Waals surface area contributed by atoms with Gasteiger partial charge in [-0.15, -0.1) is 5.53 Å². The molecule has 0 aromatic heterocycles. The minimum Gasteiger partial charge on any atom is -0.368 e. The molecule has 1 heterocycles. The van der Waals surface area contributed by atoms with Crippen LogP contribution in [0, 0.1) is 5.82 Å². The molecule has 6 nitrogen and oxygen atoms in total. The molecule has 1 aliphatic rings. The second kappa shape index (κ2) is 6.88. The van der Waals surface area contributed by atoms with Crippen molar-refractivity contribution in [3.63, 3.8) is 0 Å². The van der Waals surface area contributed by atoms with Crippen molar-refractivity contribution < 1.29 is 27.2 Å². The van der Waals surface area contributed by atoms with Gasteiger partial charge in [-0.1, -0.05) is 18.2 Å². The summed E-state index contributed by atoms with van der Waals surface area (Å²) < 4.78 is 53.1. The predicted molar refractivity (Wildman–Crippen MR) is 87.4 cm³/mol. The topological polar surface area (TPSA) is 78.7 Å². The minimum atomic E-state index is -4.75. The van der Waals surface area contributed by atoms with Gasteiger partial charge in [0.1, 0.15) is 12.4 Å². The van der Waals surface area contributed by atoms with Gasteiger partial charge < -0.3 is 5.73 Å². The van der Waals surface area contributed by atoms with E-state index in [2.05, 4.69) is 5.53 Å². The van der Waals surface area contributed by atoms with E-state index in [4.69, 9.17) is 5.73 Å². The van der Waals surface area contributed by atoms with Crippen LogP contribution in [0.4, 0.5) is 23.2 Å². The number of fused-ring (bicyclic) bond motifs is 1. The molecule has 0 saturated carbocycles. The first-order chi connectivity index (χ1) is 12.7. The number of nitrogens with zero attached hydrogens (tertiary/aromatic N) is 2. The number of primary amides is 1. The third-order valence-electron chi connectivity index (χ3n) is 3.93. The van der Waals surface area contributed by atoms with Crippen molar-refractivity contribution in [2.75, 3.05) is 11.6 Å². The zero-order valence-electron chi connectivity index (χ0n) is 13.8. The van der Waals surface area contributed by atoms with Crippen molar-refractivity contribution in [1.29, 1.82) is 0 Å². The second-order valence-corrected chi connectivity index (χ2v) is 5.86. The number of alkyl halides is 3. The maximum absolute atomic E-state index is 13.3. The van der Waals surface area contributed by atoms with Gasteiger partial charge in [0.05, 0.1) is 23.4 Å². The number of nitrogens with two attached hydrogens (primary N) is 1. The molecule has 10 heteroatoms. The number of para-hydroxylation sites is 1. The van der Waals surface area contributed by atoms with Crippen molar-refractivity contribution in [1.82, 2.24) is 10.5 Å². The molecule has 2 aromatic rings. The zero-order valence-corrected chi connectivity index (χ0v) is 13.8. The van der Waals surface area contributed by atoms with Crippen LogP contribution < -0.4 is 16.3 Å². The maximum atomic E-state index is 13.3. The highest BCUT2D eigenvalue weighted by molar-refractivity contribution is 6.02. The summed E-state index contributed by atoms with van der Waals surface area (Å²) >= 11 is 0. The van der Waals surface area contributed by atoms with Crippen LogP contribution >= 0.6 is 0 Å². The first-order valence-electron chi connectivity index (χ1n) is 7.75. The standard InChI is InChI=1S/C17H14F4N4O2/c18-11-6-5-10(13(7-11)17(19,20)21)8-24-14-4-2-1-3-12(14)16(27)25(23-24)9-15(22)26/h1-7,23H,8-9H2,(H2,22,26). The lowest BCUT2D eigenvalue weighted by Crippen LogP contribution is -2.58. The first kappa shape index (κ1) is 18.6. The summed E-state index contributed by atoms with van der Waals surface area (Å²) in [7, 11) is 0. The molecular weight excluding hydrogens is 368 g/mol. The summed E-state index contributed by atoms with van der Waals surface area (Å²) in [6, 6.07) is 8.58. The molecule has 0 saturated heterocycles. The Morgan fingerprint density at radius 1 is 1.11 bits per heavy atom. The Kier molecular flexibility index (Phi) is 4.75. The number of nitrogens with one attached hydrogen (secondary N) is 1. The molecule has 142 valence electrons. The third kappa shape index (κ3) is 3.85. The van der Waals surface area contributed by atoms with Gasteiger partial charge >= 0.3 is 6.18 Å². The molecule has 2 aromatic carbocycles. The molecule has 0 spiro atoms. The SMILES string of the molecule is NC(=O)CN1NN(Cc2ccc(F)cc2C(F)(F)F)c2ccccc2C1=O. The highest BCUT2D eigenvalue weighted by Gasteiger charge is 2.36. The number of hydrogen-bond donors (Lipinski definition) is 2. The van der Waals surface area contributed by atoms with E-state index in [0.29, 0.717) is 11.8 Å². The van der Waals surface area contributed by atoms with Crippen LogP contribution in [-0.4, -0.2) is 23.4 Å². The van der Waals surface area contributed by atoms with Gasteiger partial charge in [-0.3, -0.25) is 14.6 Å². The molecule has 27 heavy (non-hydrogen) atoms. The summed E-state index contributed by atoms with van der Waals surface area (Å²) in [5.41, 5.74) is 6.88. The van der Waals surface area contributed by atoms with Gasteiger partial charge in [0.25, 0.3) is 5.91 Å². The largest absolute Gasteiger partial charge is 0.416 e. The summed E-state index contributed by atoms with van der Waals surface area (Å²) in [4.78, 5) is 23.6. The summed E-state index contributed by atoms with van der Waals surface area (Å²) in [6.45, 7) is -0.812. The number of rotatable bonds is 4. The van der Waals surface area contributed by atoms with E-state index in [0.717, 1.165) is 17.1 Å². The quantitative estimate of drug-likeness (QED) is 0.795. The van der Waals surface area contributed by atoms with Gasteiger partial charge in [-0.2, -0.15) is 13.2 Å². The Labute approximate surface area is 151 Å². The Bertz CT molecular complexity index is 901. The Hall–Kier alpha value is -3.14. The molecular formula is C17H14F4N4O2. The lowest BCUT2D eigenvalue weighted by molar-refractivity contribution is -0.138. The minimum absolute atomic E-state index is 0.188. The van der Waals surface area contributed by atoms with Crippen molar-refractivity contribution >= 4 is 17.5 Å². The van der Waals surface area contributed by atoms with Crippen LogP contribution in [0.1, 0.15) is 21.5 Å². The fourth-order valence-electron chi connectivity index (χ4n) is 2.78. The lowest BCUT2D eigenvalue weighted by atomic mass is 10.1. The number of hydrogen-bond acceptors (Lipinski definition) is 4. The average Bonchev–Trinajstić information content (AvgIpc) is 2.59. The zero-order chi connectivity index (χ0) is 19.8. The van der Waals surface area contributed by atoms with E-state index in [1.807, 2.05) is 0 Å². The third-order valence-corrected chi connectivity index (χ3v) is 3.93. The molecule has 3 rings (SSSR count). The predicted octanol–water partition coefficient (Wildman–Crippen LogP) is 2.21. The normalized spacial score (nSPS) is 14.3. The molecule has 0 bridgehead atoms. The highest BCUT2D eigenvalue weighted by atomic mass is 19.4. The van der Waals surface area contributed by atoms with Crippen LogP contribution in [0.2, 0.25) is 0 Å². The Morgan fingerprint density at radius 3 is 2.48 bits per heavy atom. The molecule has 0 radical (unpaired) electrons. The molecule has 0 aliphatic carbocycles. The molecule has 0 unspecified atom stereocenters. The van der Waals surface area contributed by atoms with Gasteiger partial charge in [0, 0.05) is 0 Å². The summed E-state index contributed by atoms with van der Waals surface area (Å²) in [5.74, 6) is -2.35. The first-order valence-corrected chi connectivity index (χ1v) is 7.75. The van der Waals surface area contributed by atoms with Gasteiger partial charge in [0.2, 0.25) is 5.91 Å². The number of amides is 2. The monoisotopic (exact) mass is 382 g/mol. The van der Waals surface area contributed by atoms with E-state index in [1.165, 1.54) is 11.1 Å². The van der Waals surface area contributed by atoms with Crippen molar-refractivity contribution in [2.45, 2.75) is 12.7 Å². The van der Waals surface area contributed by atoms with E-state index >= 15 is 0 Å². The Morgan fingerprint density at radius 2 is 1.81 bits per heavy atom. The molecule has 3 N–H and O–H groups in total. The van der Waals surface area contributed by atoms with E-state index < -0.39 is 35.9 Å². The second-order valence-electron chi connectivity index (χ2n) is 5.86. The van der Waals surface area contributed by atoms with Crippen LogP contribution in [-0.2, 0) is 17.5 Å². The fraction of sp³-hybridized carbons (Fsp3) is 0.176. The number of benzene rings is 2. The number of halogens is 4. The van der Waals surface area contributed by atoms with Crippen LogP contribution in [0.25, 0.3) is 0 Å². The molecule has 1 aliphatic heterocycles. The fourth-order valence-corrected chi connectivity index (χ4v) is 2.78. The number of carbonyl (C=O) groups excluding carboxylic acids is 2. The van der Waals surface area contributed by atoms with Crippen LogP contribution in [0.15, 0.2) is 42.5 Å². The van der Waals surface area contributed by atoms with E-state index in [9.17, 15) is 27.2 Å². The summed E-state index contributed by atoms with van der Waals surface area (Å²) in [5, 5.41) is 2.17. The van der Waals surface area contributed by atoms with Crippen molar-refractivity contribution in [3.05, 3.63) is 65.0 Å². The van der Waals surface area contributed by atoms with Crippen molar-refractivity contribution in [3.8, 4) is 0 Å². The molecule has 0 fully saturated rings. The Balaban J connectivity index is 2.00. The van der Waals surface area contributed by atoms with Gasteiger partial charge in [0.15, 0.2) is 0 Å². The van der Waals surface area contributed by atoms with Crippen molar-refractivity contribution in [2.24, 2.45) is 5.73 Å². The van der Waals surface area contributed by atoms with Crippen LogP contribution in [0.5, 0.6) is 0 Å². The van der Waals surface area contributed by atoms with Gasteiger partial charge in [-0.05, 0) is 29.8 Å². The van der Waals surface area contributed by atoms with E-state index in [1.54, 1.807) is 18.2 Å².